The van der Waals surface area contributed by atoms with Gasteiger partial charge in [0.15, 0.2) is 6.26 Å². The molecule has 5 aromatic carbocycles. The molecule has 0 saturated carbocycles. The van der Waals surface area contributed by atoms with Gasteiger partial charge in [0.1, 0.15) is 5.75 Å². The Bertz CT molecular complexity index is 1790. The van der Waals surface area contributed by atoms with E-state index in [9.17, 15) is 0 Å². The predicted molar refractivity (Wildman–Crippen MR) is 175 cm³/mol. The van der Waals surface area contributed by atoms with Crippen LogP contribution in [-0.4, -0.2) is 13.3 Å². The fourth-order valence-electron chi connectivity index (χ4n) is 5.42. The summed E-state index contributed by atoms with van der Waals surface area (Å²) in [5.41, 5.74) is 5.44. The number of aliphatic imine (C=N–C) groups is 1. The van der Waals surface area contributed by atoms with Gasteiger partial charge in [-0.1, -0.05) is 98.8 Å². The van der Waals surface area contributed by atoms with E-state index < -0.39 is 6.26 Å². The zero-order valence-electron chi connectivity index (χ0n) is 22.9. The first-order valence-electron chi connectivity index (χ1n) is 13.4. The summed E-state index contributed by atoms with van der Waals surface area (Å²) in [5, 5.41) is 3.35. The fraction of sp³-hybridized carbons (Fsp3) is 0.114. The van der Waals surface area contributed by atoms with E-state index in [1.165, 1.54) is 22.3 Å². The summed E-state index contributed by atoms with van der Waals surface area (Å²) < 4.78 is 6.74. The van der Waals surface area contributed by atoms with Crippen LogP contribution in [0.2, 0.25) is 0 Å². The van der Waals surface area contributed by atoms with Crippen LogP contribution in [0.15, 0.2) is 138 Å². The van der Waals surface area contributed by atoms with Gasteiger partial charge in [-0.25, -0.2) is 0 Å². The molecular formula is C35H31N2OPS. The van der Waals surface area contributed by atoms with Gasteiger partial charge in [-0.05, 0) is 64.7 Å². The van der Waals surface area contributed by atoms with Gasteiger partial charge in [0, 0.05) is 46.6 Å². The third-order valence-corrected chi connectivity index (χ3v) is 10.8. The third kappa shape index (κ3) is 4.90. The van der Waals surface area contributed by atoms with Crippen LogP contribution in [0, 0.1) is 0 Å². The predicted octanol–water partition coefficient (Wildman–Crippen LogP) is 8.96. The zero-order chi connectivity index (χ0) is 27.7. The quantitative estimate of drug-likeness (QED) is 0.154. The smallest absolute Gasteiger partial charge is 0.166 e. The summed E-state index contributed by atoms with van der Waals surface area (Å²) in [6.45, 7) is 4.52. The molecule has 0 spiro atoms. The van der Waals surface area contributed by atoms with Crippen molar-refractivity contribution in [3.05, 3.63) is 144 Å². The van der Waals surface area contributed by atoms with E-state index in [1.54, 1.807) is 0 Å². The SMILES string of the molecule is CN1/C(=C\P(=S)(Oc2ccc(C=Nc3cccc4ccccc34)cc2)c2ccccc2)C(C)(C)c2ccccc21. The van der Waals surface area contributed by atoms with Crippen LogP contribution in [0.25, 0.3) is 10.8 Å². The molecule has 1 unspecified atom stereocenters. The molecule has 198 valence electrons. The minimum absolute atomic E-state index is 0.185. The maximum Gasteiger partial charge on any atom is 0.166 e. The molecule has 40 heavy (non-hydrogen) atoms. The Morgan fingerprint density at radius 2 is 1.45 bits per heavy atom. The molecule has 3 nitrogen and oxygen atoms in total. The molecule has 0 radical (unpaired) electrons. The van der Waals surface area contributed by atoms with E-state index in [0.717, 1.165) is 27.7 Å². The number of rotatable bonds is 6. The molecular weight excluding hydrogens is 527 g/mol. The number of fused-ring (bicyclic) bond motifs is 2. The van der Waals surface area contributed by atoms with Gasteiger partial charge in [-0.2, -0.15) is 0 Å². The zero-order valence-corrected chi connectivity index (χ0v) is 24.6. The Kier molecular flexibility index (Phi) is 6.92. The number of para-hydroxylation sites is 1. The summed E-state index contributed by atoms with van der Waals surface area (Å²) in [4.78, 5) is 7.03. The number of hydrogen-bond acceptors (Lipinski definition) is 4. The molecule has 1 aliphatic rings. The van der Waals surface area contributed by atoms with E-state index in [0.29, 0.717) is 0 Å². The van der Waals surface area contributed by atoms with Gasteiger partial charge in [0.05, 0.1) is 5.69 Å². The van der Waals surface area contributed by atoms with Crippen molar-refractivity contribution >= 4 is 51.7 Å². The number of allylic oxidation sites excluding steroid dienone is 1. The summed E-state index contributed by atoms with van der Waals surface area (Å²) in [6, 6.07) is 41.3. The highest BCUT2D eigenvalue weighted by molar-refractivity contribution is 8.17. The first-order valence-corrected chi connectivity index (χ1v) is 16.2. The normalized spacial score (nSPS) is 16.8. The average Bonchev–Trinajstić information content (AvgIpc) is 3.17. The topological polar surface area (TPSA) is 24.8 Å². The van der Waals surface area contributed by atoms with Crippen molar-refractivity contribution in [3.63, 3.8) is 0 Å². The maximum absolute atomic E-state index is 6.74. The first kappa shape index (κ1) is 26.3. The van der Waals surface area contributed by atoms with Crippen molar-refractivity contribution < 1.29 is 4.52 Å². The second-order valence-electron chi connectivity index (χ2n) is 10.6. The van der Waals surface area contributed by atoms with Gasteiger partial charge in [-0.15, -0.1) is 0 Å². The molecule has 1 aliphatic heterocycles. The molecule has 1 atom stereocenters. The Morgan fingerprint density at radius 1 is 0.775 bits per heavy atom. The highest BCUT2D eigenvalue weighted by Crippen LogP contribution is 2.55. The standard InChI is InChI=1S/C35H31N2OPS/c1-35(2)31-17-9-10-19-33(31)37(3)34(35)25-39(40,29-14-5-4-6-15-29)38-28-22-20-26(21-23-28)24-36-32-18-11-13-27-12-7-8-16-30(27)32/h4-25H,1-3H3/b34-25-,36-24?. The maximum atomic E-state index is 6.74. The number of nitrogens with zero attached hydrogens (tertiary/aromatic N) is 2. The van der Waals surface area contributed by atoms with Crippen LogP contribution >= 0.6 is 6.26 Å². The Balaban J connectivity index is 1.32. The Labute approximate surface area is 241 Å². The van der Waals surface area contributed by atoms with Crippen LogP contribution in [0.5, 0.6) is 5.75 Å². The minimum atomic E-state index is -2.60. The van der Waals surface area contributed by atoms with Crippen LogP contribution in [-0.2, 0) is 17.2 Å². The third-order valence-electron chi connectivity index (χ3n) is 7.59. The number of likely N-dealkylation sites (N-methyl/N-ethyl adjacent to an activating group) is 1. The molecule has 0 aromatic heterocycles. The van der Waals surface area contributed by atoms with E-state index in [2.05, 4.69) is 86.2 Å². The molecule has 5 heteroatoms. The van der Waals surface area contributed by atoms with Crippen molar-refractivity contribution in [2.75, 3.05) is 11.9 Å². The van der Waals surface area contributed by atoms with Gasteiger partial charge in [0.25, 0.3) is 0 Å². The first-order chi connectivity index (χ1) is 19.3. The van der Waals surface area contributed by atoms with E-state index in [-0.39, 0.29) is 5.41 Å². The lowest BCUT2D eigenvalue weighted by Crippen LogP contribution is -2.24. The summed E-state index contributed by atoms with van der Waals surface area (Å²) in [7, 11) is 2.12. The van der Waals surface area contributed by atoms with Crippen LogP contribution < -0.4 is 14.7 Å². The summed E-state index contributed by atoms with van der Waals surface area (Å²) >= 11 is 6.41. The molecule has 0 N–H and O–H groups in total. The van der Waals surface area contributed by atoms with Crippen molar-refractivity contribution in [2.45, 2.75) is 19.3 Å². The van der Waals surface area contributed by atoms with Crippen molar-refractivity contribution in [1.82, 2.24) is 0 Å². The number of anilines is 1. The Hall–Kier alpha value is -3.98. The summed E-state index contributed by atoms with van der Waals surface area (Å²) in [5.74, 6) is 2.97. The Morgan fingerprint density at radius 3 is 2.23 bits per heavy atom. The molecule has 6 rings (SSSR count). The lowest BCUT2D eigenvalue weighted by molar-refractivity contribution is 0.619. The van der Waals surface area contributed by atoms with Gasteiger partial charge in [-0.3, -0.25) is 4.99 Å². The highest BCUT2D eigenvalue weighted by Gasteiger charge is 2.40. The molecule has 0 bridgehead atoms. The second kappa shape index (κ2) is 10.5. The van der Waals surface area contributed by atoms with Crippen molar-refractivity contribution in [2.24, 2.45) is 4.99 Å². The highest BCUT2D eigenvalue weighted by atomic mass is 32.4. The van der Waals surface area contributed by atoms with E-state index >= 15 is 0 Å². The molecule has 0 fully saturated rings. The molecule has 0 aliphatic carbocycles. The molecule has 0 saturated heterocycles. The second-order valence-corrected chi connectivity index (χ2v) is 14.3. The number of benzene rings is 5. The van der Waals surface area contributed by atoms with Crippen LogP contribution in [0.1, 0.15) is 25.0 Å². The van der Waals surface area contributed by atoms with Crippen LogP contribution in [0.3, 0.4) is 0 Å². The van der Waals surface area contributed by atoms with Gasteiger partial charge in [0.2, 0.25) is 0 Å². The molecule has 5 aromatic rings. The van der Waals surface area contributed by atoms with Gasteiger partial charge < -0.3 is 9.42 Å². The average molecular weight is 559 g/mol. The fourth-order valence-corrected chi connectivity index (χ4v) is 8.49. The van der Waals surface area contributed by atoms with Crippen LogP contribution in [0.4, 0.5) is 11.4 Å². The van der Waals surface area contributed by atoms with Gasteiger partial charge >= 0.3 is 0 Å². The molecule has 1 heterocycles. The largest absolute Gasteiger partial charge is 0.458 e. The van der Waals surface area contributed by atoms with Crippen molar-refractivity contribution in [3.8, 4) is 5.75 Å². The van der Waals surface area contributed by atoms with E-state index in [4.69, 9.17) is 21.3 Å². The minimum Gasteiger partial charge on any atom is -0.458 e. The monoisotopic (exact) mass is 558 g/mol. The lowest BCUT2D eigenvalue weighted by Gasteiger charge is -2.28. The van der Waals surface area contributed by atoms with E-state index in [1.807, 2.05) is 72.9 Å². The number of hydrogen-bond donors (Lipinski definition) is 0. The van der Waals surface area contributed by atoms with Crippen molar-refractivity contribution in [1.29, 1.82) is 0 Å². The lowest BCUT2D eigenvalue weighted by atomic mass is 9.84. The summed E-state index contributed by atoms with van der Waals surface area (Å²) in [6.07, 6.45) is -0.701. The molecule has 0 amide bonds.